The summed E-state index contributed by atoms with van der Waals surface area (Å²) in [4.78, 5) is 18.1. The van der Waals surface area contributed by atoms with Gasteiger partial charge in [0.2, 0.25) is 0 Å². The van der Waals surface area contributed by atoms with E-state index >= 15 is 0 Å². The largest absolute Gasteiger partial charge is 0.336 e. The number of nitrogens with zero attached hydrogens (tertiary/aromatic N) is 3. The summed E-state index contributed by atoms with van der Waals surface area (Å²) >= 11 is 0. The molecule has 0 spiro atoms. The van der Waals surface area contributed by atoms with Crippen molar-refractivity contribution in [2.24, 2.45) is 0 Å². The van der Waals surface area contributed by atoms with E-state index in [2.05, 4.69) is 10.3 Å². The van der Waals surface area contributed by atoms with Crippen LogP contribution < -0.4 is 5.32 Å². The Kier molecular flexibility index (Phi) is 5.08. The van der Waals surface area contributed by atoms with Gasteiger partial charge in [-0.05, 0) is 25.3 Å². The molecule has 1 atom stereocenters. The van der Waals surface area contributed by atoms with E-state index in [4.69, 9.17) is 0 Å². The summed E-state index contributed by atoms with van der Waals surface area (Å²) in [6.07, 6.45) is 7.67. The van der Waals surface area contributed by atoms with Crippen LogP contribution in [0.25, 0.3) is 0 Å². The lowest BCUT2D eigenvalue weighted by molar-refractivity contribution is 0.149. The minimum Gasteiger partial charge on any atom is -0.336 e. The Labute approximate surface area is 139 Å². The highest BCUT2D eigenvalue weighted by Crippen LogP contribution is 2.32. The molecule has 0 radical (unpaired) electrons. The van der Waals surface area contributed by atoms with Gasteiger partial charge in [0.1, 0.15) is 11.6 Å². The number of carbonyl (C=O) groups is 1. The van der Waals surface area contributed by atoms with Crippen molar-refractivity contribution in [1.82, 2.24) is 19.8 Å². The minimum atomic E-state index is -0.608. The number of likely N-dealkylation sites (tertiary alicyclic amines) is 1. The number of imidazole rings is 1. The summed E-state index contributed by atoms with van der Waals surface area (Å²) in [5.74, 6) is -1.21. The van der Waals surface area contributed by atoms with Crippen LogP contribution in [0.1, 0.15) is 30.9 Å². The number of rotatable bonds is 4. The van der Waals surface area contributed by atoms with E-state index < -0.39 is 11.6 Å². The predicted molar refractivity (Wildman–Crippen MR) is 85.3 cm³/mol. The quantitative estimate of drug-likeness (QED) is 0.934. The molecule has 24 heavy (non-hydrogen) atoms. The molecule has 1 saturated heterocycles. The lowest BCUT2D eigenvalue weighted by Gasteiger charge is -2.36. The lowest BCUT2D eigenvalue weighted by Crippen LogP contribution is -2.45. The second-order valence-corrected chi connectivity index (χ2v) is 5.90. The molecule has 1 unspecified atom stereocenters. The second kappa shape index (κ2) is 7.42. The summed E-state index contributed by atoms with van der Waals surface area (Å²) in [7, 11) is 0. The number of amides is 2. The van der Waals surface area contributed by atoms with Crippen molar-refractivity contribution in [3.05, 3.63) is 54.1 Å². The first-order valence-electron chi connectivity index (χ1n) is 8.10. The zero-order valence-corrected chi connectivity index (χ0v) is 13.3. The van der Waals surface area contributed by atoms with Crippen molar-refractivity contribution < 1.29 is 13.6 Å². The molecule has 1 N–H and O–H groups in total. The number of nitrogens with one attached hydrogen (secondary N) is 1. The van der Waals surface area contributed by atoms with Gasteiger partial charge in [0.25, 0.3) is 0 Å². The Morgan fingerprint density at radius 2 is 2.21 bits per heavy atom. The second-order valence-electron chi connectivity index (χ2n) is 5.90. The fourth-order valence-electron chi connectivity index (χ4n) is 3.08. The molecule has 0 bridgehead atoms. The fourth-order valence-corrected chi connectivity index (χ4v) is 3.08. The van der Waals surface area contributed by atoms with Crippen LogP contribution in [-0.4, -0.2) is 33.6 Å². The number of piperidine rings is 1. The molecule has 5 nitrogen and oxygen atoms in total. The van der Waals surface area contributed by atoms with Crippen LogP contribution in [0, 0.1) is 11.6 Å². The highest BCUT2D eigenvalue weighted by Gasteiger charge is 2.29. The van der Waals surface area contributed by atoms with Gasteiger partial charge in [-0.1, -0.05) is 6.07 Å². The van der Waals surface area contributed by atoms with Gasteiger partial charge in [-0.2, -0.15) is 0 Å². The van der Waals surface area contributed by atoms with Crippen molar-refractivity contribution in [2.75, 3.05) is 13.1 Å². The number of halogens is 2. The van der Waals surface area contributed by atoms with Crippen LogP contribution in [0.2, 0.25) is 0 Å². The van der Waals surface area contributed by atoms with Crippen LogP contribution in [-0.2, 0) is 6.54 Å². The molecule has 3 rings (SSSR count). The third kappa shape index (κ3) is 3.72. The van der Waals surface area contributed by atoms with E-state index in [0.29, 0.717) is 31.6 Å². The zero-order chi connectivity index (χ0) is 16.9. The Morgan fingerprint density at radius 3 is 2.96 bits per heavy atom. The molecule has 1 fully saturated rings. The van der Waals surface area contributed by atoms with E-state index in [1.54, 1.807) is 17.4 Å². The van der Waals surface area contributed by atoms with Crippen molar-refractivity contribution >= 4 is 6.03 Å². The average molecular weight is 334 g/mol. The molecule has 2 amide bonds. The first kappa shape index (κ1) is 16.4. The van der Waals surface area contributed by atoms with Crippen LogP contribution in [0.3, 0.4) is 0 Å². The van der Waals surface area contributed by atoms with E-state index in [0.717, 1.165) is 18.9 Å². The highest BCUT2D eigenvalue weighted by atomic mass is 19.1. The summed E-state index contributed by atoms with van der Waals surface area (Å²) in [5.41, 5.74) is 0.376. The molecule has 1 aliphatic heterocycles. The Hall–Kier alpha value is -2.44. The smallest absolute Gasteiger partial charge is 0.317 e. The van der Waals surface area contributed by atoms with Crippen LogP contribution in [0.4, 0.5) is 13.6 Å². The van der Waals surface area contributed by atoms with Crippen LogP contribution in [0.15, 0.2) is 36.9 Å². The number of urea groups is 1. The third-order valence-corrected chi connectivity index (χ3v) is 4.29. The van der Waals surface area contributed by atoms with Crippen LogP contribution in [0.5, 0.6) is 0 Å². The average Bonchev–Trinajstić information content (AvgIpc) is 3.08. The van der Waals surface area contributed by atoms with E-state index in [1.165, 1.54) is 12.1 Å². The summed E-state index contributed by atoms with van der Waals surface area (Å²) in [6, 6.07) is 2.98. The molecule has 7 heteroatoms. The van der Waals surface area contributed by atoms with Crippen molar-refractivity contribution in [3.8, 4) is 0 Å². The first-order valence-corrected chi connectivity index (χ1v) is 8.10. The maximum Gasteiger partial charge on any atom is 0.317 e. The standard InChI is InChI=1S/C17H20F2N4O/c18-13-4-5-14(15(19)11-13)16-3-1-2-8-23(16)17(24)21-7-10-22-9-6-20-12-22/h4-6,9,11-12,16H,1-3,7-8,10H2,(H,21,24). The number of hydrogen-bond donors (Lipinski definition) is 1. The normalized spacial score (nSPS) is 17.8. The summed E-state index contributed by atoms with van der Waals surface area (Å²) < 4.78 is 29.1. The Morgan fingerprint density at radius 1 is 1.33 bits per heavy atom. The molecule has 0 saturated carbocycles. The molecule has 1 aliphatic rings. The molecular formula is C17H20F2N4O. The van der Waals surface area contributed by atoms with Gasteiger partial charge in [0.15, 0.2) is 0 Å². The predicted octanol–water partition coefficient (Wildman–Crippen LogP) is 3.10. The molecule has 0 aliphatic carbocycles. The third-order valence-electron chi connectivity index (χ3n) is 4.29. The Balaban J connectivity index is 1.66. The maximum absolute atomic E-state index is 14.1. The van der Waals surface area contributed by atoms with Crippen molar-refractivity contribution in [3.63, 3.8) is 0 Å². The Bertz CT molecular complexity index is 690. The first-order chi connectivity index (χ1) is 11.6. The van der Waals surface area contributed by atoms with E-state index in [-0.39, 0.29) is 12.1 Å². The molecule has 2 aromatic rings. The molecule has 1 aromatic heterocycles. The van der Waals surface area contributed by atoms with Gasteiger partial charge < -0.3 is 14.8 Å². The zero-order valence-electron chi connectivity index (χ0n) is 13.3. The number of benzene rings is 1. The van der Waals surface area contributed by atoms with Gasteiger partial charge in [-0.15, -0.1) is 0 Å². The number of hydrogen-bond acceptors (Lipinski definition) is 2. The van der Waals surface area contributed by atoms with Crippen molar-refractivity contribution in [1.29, 1.82) is 0 Å². The summed E-state index contributed by atoms with van der Waals surface area (Å²) in [5, 5.41) is 2.86. The highest BCUT2D eigenvalue weighted by molar-refractivity contribution is 5.74. The van der Waals surface area contributed by atoms with Crippen LogP contribution >= 0.6 is 0 Å². The van der Waals surface area contributed by atoms with Gasteiger partial charge in [0.05, 0.1) is 12.4 Å². The van der Waals surface area contributed by atoms with E-state index in [9.17, 15) is 13.6 Å². The molecule has 2 heterocycles. The van der Waals surface area contributed by atoms with Gasteiger partial charge in [0, 0.05) is 43.7 Å². The minimum absolute atomic E-state index is 0.219. The summed E-state index contributed by atoms with van der Waals surface area (Å²) in [6.45, 7) is 1.65. The molecule has 1 aromatic carbocycles. The van der Waals surface area contributed by atoms with Gasteiger partial charge in [-0.3, -0.25) is 0 Å². The number of carbonyl (C=O) groups excluding carboxylic acids is 1. The molecule has 128 valence electrons. The SMILES string of the molecule is O=C(NCCn1ccnc1)N1CCCCC1c1ccc(F)cc1F. The maximum atomic E-state index is 14.1. The van der Waals surface area contributed by atoms with Gasteiger partial charge in [-0.25, -0.2) is 18.6 Å². The van der Waals surface area contributed by atoms with Gasteiger partial charge >= 0.3 is 6.03 Å². The monoisotopic (exact) mass is 334 g/mol. The fraction of sp³-hybridized carbons (Fsp3) is 0.412. The topological polar surface area (TPSA) is 50.2 Å². The van der Waals surface area contributed by atoms with E-state index in [1.807, 2.05) is 10.8 Å². The number of aromatic nitrogens is 2. The molecular weight excluding hydrogens is 314 g/mol. The van der Waals surface area contributed by atoms with Crippen molar-refractivity contribution in [2.45, 2.75) is 31.8 Å². The lowest BCUT2D eigenvalue weighted by atomic mass is 9.95.